The third-order valence-corrected chi connectivity index (χ3v) is 2.46. The lowest BCUT2D eigenvalue weighted by atomic mass is 10.2. The lowest BCUT2D eigenvalue weighted by Gasteiger charge is -2.21. The molecule has 1 heterocycles. The van der Waals surface area contributed by atoms with E-state index in [1.165, 1.54) is 13.2 Å². The summed E-state index contributed by atoms with van der Waals surface area (Å²) in [5, 5.41) is 0. The molecule has 0 bridgehead atoms. The average Bonchev–Trinajstić information content (AvgIpc) is 2.34. The number of alkyl halides is 3. The number of hydrogen-bond donors (Lipinski definition) is 1. The molecule has 0 saturated heterocycles. The maximum absolute atomic E-state index is 12.6. The lowest BCUT2D eigenvalue weighted by Crippen LogP contribution is -2.26. The molecule has 0 aliphatic carbocycles. The fraction of sp³-hybridized carbons (Fsp3) is 0.545. The number of aromatic nitrogens is 1. The molecule has 0 aliphatic heterocycles. The summed E-state index contributed by atoms with van der Waals surface area (Å²) in [5.41, 5.74) is 5.15. The minimum Gasteiger partial charge on any atom is -0.383 e. The van der Waals surface area contributed by atoms with Crippen molar-refractivity contribution in [1.82, 2.24) is 4.98 Å². The number of nitrogens with two attached hydrogens (primary N) is 1. The first-order valence-electron chi connectivity index (χ1n) is 5.37. The molecule has 1 aromatic rings. The lowest BCUT2D eigenvalue weighted by molar-refractivity contribution is -0.141. The normalized spacial score (nSPS) is 11.7. The van der Waals surface area contributed by atoms with Crippen molar-refractivity contribution in [2.45, 2.75) is 12.7 Å². The SMILES string of the molecule is COCCN(C)c1nc(C(F)(F)F)ccc1CN. The van der Waals surface area contributed by atoms with E-state index in [0.717, 1.165) is 6.07 Å². The Morgan fingerprint density at radius 3 is 2.56 bits per heavy atom. The predicted octanol–water partition coefficient (Wildman–Crippen LogP) is 1.64. The number of anilines is 1. The van der Waals surface area contributed by atoms with E-state index in [2.05, 4.69) is 4.98 Å². The number of ether oxygens (including phenoxy) is 1. The van der Waals surface area contributed by atoms with Gasteiger partial charge < -0.3 is 15.4 Å². The summed E-state index contributed by atoms with van der Waals surface area (Å²) in [7, 11) is 3.18. The molecule has 0 saturated carbocycles. The predicted molar refractivity (Wildman–Crippen MR) is 62.3 cm³/mol. The minimum atomic E-state index is -4.45. The van der Waals surface area contributed by atoms with Gasteiger partial charge in [0.05, 0.1) is 6.61 Å². The molecule has 1 aromatic heterocycles. The van der Waals surface area contributed by atoms with Crippen LogP contribution in [0.5, 0.6) is 0 Å². The molecule has 0 aliphatic rings. The van der Waals surface area contributed by atoms with Gasteiger partial charge in [0, 0.05) is 32.8 Å². The Morgan fingerprint density at radius 1 is 1.39 bits per heavy atom. The topological polar surface area (TPSA) is 51.4 Å². The number of nitrogens with zero attached hydrogens (tertiary/aromatic N) is 2. The monoisotopic (exact) mass is 263 g/mol. The Bertz CT molecular complexity index is 396. The molecule has 0 amide bonds. The van der Waals surface area contributed by atoms with Crippen LogP contribution in [0.2, 0.25) is 0 Å². The molecule has 0 atom stereocenters. The van der Waals surface area contributed by atoms with Crippen LogP contribution in [0.3, 0.4) is 0 Å². The fourth-order valence-corrected chi connectivity index (χ4v) is 1.46. The van der Waals surface area contributed by atoms with E-state index in [1.54, 1.807) is 11.9 Å². The molecule has 7 heteroatoms. The van der Waals surface area contributed by atoms with Crippen LogP contribution in [0.4, 0.5) is 19.0 Å². The molecule has 0 spiro atoms. The second-order valence-corrected chi connectivity index (χ2v) is 3.80. The van der Waals surface area contributed by atoms with Crippen molar-refractivity contribution >= 4 is 5.82 Å². The van der Waals surface area contributed by atoms with Crippen molar-refractivity contribution in [3.63, 3.8) is 0 Å². The van der Waals surface area contributed by atoms with Gasteiger partial charge in [-0.25, -0.2) is 4.98 Å². The Balaban J connectivity index is 3.06. The molecule has 0 aromatic carbocycles. The molecule has 4 nitrogen and oxygen atoms in total. The van der Waals surface area contributed by atoms with Crippen LogP contribution >= 0.6 is 0 Å². The number of halogens is 3. The van der Waals surface area contributed by atoms with Gasteiger partial charge in [-0.3, -0.25) is 0 Å². The van der Waals surface area contributed by atoms with Crippen LogP contribution in [0.25, 0.3) is 0 Å². The van der Waals surface area contributed by atoms with E-state index in [9.17, 15) is 13.2 Å². The van der Waals surface area contributed by atoms with Crippen LogP contribution in [0.15, 0.2) is 12.1 Å². The molecule has 102 valence electrons. The van der Waals surface area contributed by atoms with Crippen LogP contribution in [0, 0.1) is 0 Å². The molecule has 1 rings (SSSR count). The van der Waals surface area contributed by atoms with Gasteiger partial charge in [0.2, 0.25) is 0 Å². The summed E-state index contributed by atoms with van der Waals surface area (Å²) < 4.78 is 42.6. The van der Waals surface area contributed by atoms with Gasteiger partial charge in [0.15, 0.2) is 0 Å². The van der Waals surface area contributed by atoms with E-state index < -0.39 is 11.9 Å². The summed E-state index contributed by atoms with van der Waals surface area (Å²) >= 11 is 0. The summed E-state index contributed by atoms with van der Waals surface area (Å²) in [4.78, 5) is 5.23. The fourth-order valence-electron chi connectivity index (χ4n) is 1.46. The largest absolute Gasteiger partial charge is 0.433 e. The Labute approximate surface area is 104 Å². The summed E-state index contributed by atoms with van der Waals surface area (Å²) in [6, 6.07) is 2.30. The van der Waals surface area contributed by atoms with Gasteiger partial charge >= 0.3 is 6.18 Å². The van der Waals surface area contributed by atoms with Crippen molar-refractivity contribution in [2.24, 2.45) is 5.73 Å². The molecular formula is C11H16F3N3O. The van der Waals surface area contributed by atoms with Gasteiger partial charge in [-0.1, -0.05) is 6.07 Å². The molecule has 0 unspecified atom stereocenters. The van der Waals surface area contributed by atoms with Crippen LogP contribution in [-0.2, 0) is 17.5 Å². The van der Waals surface area contributed by atoms with E-state index in [0.29, 0.717) is 18.7 Å². The van der Waals surface area contributed by atoms with Crippen LogP contribution in [0.1, 0.15) is 11.3 Å². The summed E-state index contributed by atoms with van der Waals surface area (Å²) in [6.07, 6.45) is -4.45. The highest BCUT2D eigenvalue weighted by Crippen LogP contribution is 2.30. The first-order valence-corrected chi connectivity index (χ1v) is 5.37. The summed E-state index contributed by atoms with van der Waals surface area (Å²) in [5.74, 6) is 0.240. The number of hydrogen-bond acceptors (Lipinski definition) is 4. The molecule has 0 radical (unpaired) electrons. The van der Waals surface area contributed by atoms with E-state index in [1.807, 2.05) is 0 Å². The first-order chi connectivity index (χ1) is 8.40. The zero-order chi connectivity index (χ0) is 13.8. The molecule has 2 N–H and O–H groups in total. The van der Waals surface area contributed by atoms with Crippen molar-refractivity contribution < 1.29 is 17.9 Å². The Morgan fingerprint density at radius 2 is 2.06 bits per heavy atom. The molecular weight excluding hydrogens is 247 g/mol. The number of methoxy groups -OCH3 is 1. The average molecular weight is 263 g/mol. The smallest absolute Gasteiger partial charge is 0.383 e. The van der Waals surface area contributed by atoms with Crippen molar-refractivity contribution in [3.8, 4) is 0 Å². The molecule has 18 heavy (non-hydrogen) atoms. The van der Waals surface area contributed by atoms with Gasteiger partial charge in [-0.05, 0) is 6.07 Å². The zero-order valence-corrected chi connectivity index (χ0v) is 10.3. The third kappa shape index (κ3) is 3.58. The van der Waals surface area contributed by atoms with Gasteiger partial charge in [-0.15, -0.1) is 0 Å². The highest BCUT2D eigenvalue weighted by molar-refractivity contribution is 5.47. The minimum absolute atomic E-state index is 0.137. The first kappa shape index (κ1) is 14.7. The number of pyridine rings is 1. The van der Waals surface area contributed by atoms with Gasteiger partial charge in [0.25, 0.3) is 0 Å². The van der Waals surface area contributed by atoms with Crippen molar-refractivity contribution in [1.29, 1.82) is 0 Å². The second kappa shape index (κ2) is 6.01. The Kier molecular flexibility index (Phi) is 4.92. The summed E-state index contributed by atoms with van der Waals surface area (Å²) in [6.45, 7) is 0.980. The van der Waals surface area contributed by atoms with E-state index in [-0.39, 0.29) is 12.4 Å². The standard InChI is InChI=1S/C11H16F3N3O/c1-17(5-6-18-2)10-8(7-15)3-4-9(16-10)11(12,13)14/h3-4H,5-7,15H2,1-2H3. The van der Waals surface area contributed by atoms with E-state index in [4.69, 9.17) is 10.5 Å². The number of rotatable bonds is 5. The Hall–Kier alpha value is -1.34. The van der Waals surface area contributed by atoms with E-state index >= 15 is 0 Å². The third-order valence-electron chi connectivity index (χ3n) is 2.46. The maximum atomic E-state index is 12.6. The maximum Gasteiger partial charge on any atom is 0.433 e. The highest BCUT2D eigenvalue weighted by Gasteiger charge is 2.33. The van der Waals surface area contributed by atoms with Crippen molar-refractivity contribution in [2.75, 3.05) is 32.2 Å². The molecule has 0 fully saturated rings. The quantitative estimate of drug-likeness (QED) is 0.877. The van der Waals surface area contributed by atoms with Gasteiger partial charge in [0.1, 0.15) is 11.5 Å². The second-order valence-electron chi connectivity index (χ2n) is 3.80. The van der Waals surface area contributed by atoms with Crippen molar-refractivity contribution in [3.05, 3.63) is 23.4 Å². The zero-order valence-electron chi connectivity index (χ0n) is 10.3. The highest BCUT2D eigenvalue weighted by atomic mass is 19.4. The van der Waals surface area contributed by atoms with Crippen LogP contribution in [-0.4, -0.2) is 32.3 Å². The van der Waals surface area contributed by atoms with Gasteiger partial charge in [-0.2, -0.15) is 13.2 Å². The van der Waals surface area contributed by atoms with Crippen LogP contribution < -0.4 is 10.6 Å². The number of likely N-dealkylation sites (N-methyl/N-ethyl adjacent to an activating group) is 1.